The number of likely N-dealkylation sites (N-methyl/N-ethyl adjacent to an activating group) is 1. The van der Waals surface area contributed by atoms with Gasteiger partial charge in [0.15, 0.2) is 5.82 Å². The minimum Gasteiger partial charge on any atom is -0.337 e. The van der Waals surface area contributed by atoms with Gasteiger partial charge in [-0.1, -0.05) is 19.0 Å². The zero-order chi connectivity index (χ0) is 14.5. The third kappa shape index (κ3) is 4.16. The number of nitrogens with zero attached hydrogens (tertiary/aromatic N) is 3. The highest BCUT2D eigenvalue weighted by Gasteiger charge is 2.15. The molecule has 0 radical (unpaired) electrons. The fourth-order valence-corrected chi connectivity index (χ4v) is 2.46. The van der Waals surface area contributed by atoms with E-state index in [2.05, 4.69) is 24.0 Å². The second-order valence-corrected chi connectivity index (χ2v) is 6.04. The second kappa shape index (κ2) is 6.65. The summed E-state index contributed by atoms with van der Waals surface area (Å²) in [5.74, 6) is 1.72. The molecule has 0 unspecified atom stereocenters. The van der Waals surface area contributed by atoms with Gasteiger partial charge in [-0.2, -0.15) is 16.3 Å². The van der Waals surface area contributed by atoms with E-state index in [4.69, 9.17) is 4.52 Å². The molecule has 2 aromatic heterocycles. The molecule has 0 saturated carbocycles. The molecule has 5 nitrogen and oxygen atoms in total. The minimum absolute atomic E-state index is 0.0482. The summed E-state index contributed by atoms with van der Waals surface area (Å²) in [4.78, 5) is 18.0. The number of aromatic nitrogens is 2. The van der Waals surface area contributed by atoms with Crippen molar-refractivity contribution >= 4 is 17.2 Å². The van der Waals surface area contributed by atoms with Gasteiger partial charge in [0.1, 0.15) is 0 Å². The Hall–Kier alpha value is -1.69. The van der Waals surface area contributed by atoms with Gasteiger partial charge in [0.25, 0.3) is 0 Å². The maximum Gasteiger partial charge on any atom is 0.246 e. The highest BCUT2D eigenvalue weighted by Crippen LogP contribution is 2.10. The minimum atomic E-state index is 0.0482. The summed E-state index contributed by atoms with van der Waals surface area (Å²) in [6.07, 6.45) is 1.20. The Labute approximate surface area is 122 Å². The van der Waals surface area contributed by atoms with Gasteiger partial charge in [0, 0.05) is 13.5 Å². The van der Waals surface area contributed by atoms with E-state index in [1.807, 2.05) is 16.8 Å². The molecule has 2 rings (SSSR count). The molecular weight excluding hydrogens is 274 g/mol. The van der Waals surface area contributed by atoms with Crippen molar-refractivity contribution in [1.82, 2.24) is 15.0 Å². The standard InChI is InChI=1S/C14H19N3O2S/c1-10(2)6-12-15-13(19-16-12)8-17(3)14(18)7-11-4-5-20-9-11/h4-5,9-10H,6-8H2,1-3H3. The lowest BCUT2D eigenvalue weighted by atomic mass is 10.1. The first-order valence-corrected chi connectivity index (χ1v) is 7.55. The van der Waals surface area contributed by atoms with E-state index in [9.17, 15) is 4.79 Å². The molecule has 0 atom stereocenters. The molecule has 1 amide bonds. The lowest BCUT2D eigenvalue weighted by Gasteiger charge is -2.14. The highest BCUT2D eigenvalue weighted by atomic mass is 32.1. The van der Waals surface area contributed by atoms with Gasteiger partial charge in [-0.15, -0.1) is 0 Å². The Morgan fingerprint density at radius 2 is 2.30 bits per heavy atom. The van der Waals surface area contributed by atoms with Crippen molar-refractivity contribution in [2.45, 2.75) is 33.2 Å². The third-order valence-corrected chi connectivity index (χ3v) is 3.57. The molecule has 0 aliphatic rings. The zero-order valence-electron chi connectivity index (χ0n) is 12.0. The van der Waals surface area contributed by atoms with Crippen LogP contribution in [0.4, 0.5) is 0 Å². The highest BCUT2D eigenvalue weighted by molar-refractivity contribution is 7.07. The van der Waals surface area contributed by atoms with Crippen LogP contribution < -0.4 is 0 Å². The van der Waals surface area contributed by atoms with Crippen molar-refractivity contribution in [2.24, 2.45) is 5.92 Å². The maximum absolute atomic E-state index is 12.0. The first-order valence-electron chi connectivity index (χ1n) is 6.61. The van der Waals surface area contributed by atoms with Crippen molar-refractivity contribution in [2.75, 3.05) is 7.05 Å². The molecule has 20 heavy (non-hydrogen) atoms. The van der Waals surface area contributed by atoms with Gasteiger partial charge in [0.2, 0.25) is 11.8 Å². The van der Waals surface area contributed by atoms with Crippen LogP contribution in [0, 0.1) is 5.92 Å². The van der Waals surface area contributed by atoms with E-state index in [0.29, 0.717) is 30.6 Å². The topological polar surface area (TPSA) is 59.2 Å². The lowest BCUT2D eigenvalue weighted by molar-refractivity contribution is -0.130. The van der Waals surface area contributed by atoms with Gasteiger partial charge >= 0.3 is 0 Å². The monoisotopic (exact) mass is 293 g/mol. The number of hydrogen-bond acceptors (Lipinski definition) is 5. The number of rotatable bonds is 6. The summed E-state index contributed by atoms with van der Waals surface area (Å²) < 4.78 is 5.17. The van der Waals surface area contributed by atoms with Crippen LogP contribution in [0.15, 0.2) is 21.3 Å². The Balaban J connectivity index is 1.88. The van der Waals surface area contributed by atoms with E-state index in [0.717, 1.165) is 12.0 Å². The smallest absolute Gasteiger partial charge is 0.246 e. The van der Waals surface area contributed by atoms with Crippen LogP contribution in [0.5, 0.6) is 0 Å². The molecule has 2 heterocycles. The summed E-state index contributed by atoms with van der Waals surface area (Å²) >= 11 is 1.59. The van der Waals surface area contributed by atoms with Crippen LogP contribution in [-0.4, -0.2) is 28.0 Å². The summed E-state index contributed by atoms with van der Waals surface area (Å²) in [5, 5.41) is 7.88. The first kappa shape index (κ1) is 14.7. The normalized spacial score (nSPS) is 11.0. The van der Waals surface area contributed by atoms with Crippen LogP contribution >= 0.6 is 11.3 Å². The summed E-state index contributed by atoms with van der Waals surface area (Å²) in [7, 11) is 1.75. The van der Waals surface area contributed by atoms with Crippen LogP contribution in [0.25, 0.3) is 0 Å². The van der Waals surface area contributed by atoms with Crippen molar-refractivity contribution in [1.29, 1.82) is 0 Å². The molecule has 0 saturated heterocycles. The largest absolute Gasteiger partial charge is 0.337 e. The molecule has 108 valence electrons. The van der Waals surface area contributed by atoms with Crippen LogP contribution in [0.3, 0.4) is 0 Å². The average Bonchev–Trinajstić information content (AvgIpc) is 3.00. The predicted molar refractivity (Wildman–Crippen MR) is 77.3 cm³/mol. The average molecular weight is 293 g/mol. The second-order valence-electron chi connectivity index (χ2n) is 5.26. The molecule has 0 spiro atoms. The Kier molecular flexibility index (Phi) is 4.89. The van der Waals surface area contributed by atoms with Gasteiger partial charge in [-0.3, -0.25) is 4.79 Å². The first-order chi connectivity index (χ1) is 9.54. The Morgan fingerprint density at radius 3 is 2.95 bits per heavy atom. The van der Waals surface area contributed by atoms with Gasteiger partial charge in [-0.05, 0) is 28.3 Å². The van der Waals surface area contributed by atoms with E-state index in [1.54, 1.807) is 23.3 Å². The van der Waals surface area contributed by atoms with Gasteiger partial charge in [-0.25, -0.2) is 0 Å². The van der Waals surface area contributed by atoms with Crippen molar-refractivity contribution < 1.29 is 9.32 Å². The Morgan fingerprint density at radius 1 is 1.50 bits per heavy atom. The fraction of sp³-hybridized carbons (Fsp3) is 0.500. The number of amides is 1. The molecular formula is C14H19N3O2S. The van der Waals surface area contributed by atoms with E-state index in [-0.39, 0.29) is 5.91 Å². The summed E-state index contributed by atoms with van der Waals surface area (Å²) in [6.45, 7) is 4.56. The van der Waals surface area contributed by atoms with E-state index < -0.39 is 0 Å². The van der Waals surface area contributed by atoms with E-state index >= 15 is 0 Å². The van der Waals surface area contributed by atoms with E-state index in [1.165, 1.54) is 0 Å². The summed E-state index contributed by atoms with van der Waals surface area (Å²) in [6, 6.07) is 1.96. The van der Waals surface area contributed by atoms with Crippen LogP contribution in [-0.2, 0) is 24.2 Å². The summed E-state index contributed by atoms with van der Waals surface area (Å²) in [5.41, 5.74) is 1.04. The number of thiophene rings is 1. The molecule has 0 fully saturated rings. The molecule has 0 aromatic carbocycles. The van der Waals surface area contributed by atoms with Gasteiger partial charge in [0.05, 0.1) is 13.0 Å². The number of hydrogen-bond donors (Lipinski definition) is 0. The molecule has 0 bridgehead atoms. The molecule has 6 heteroatoms. The zero-order valence-corrected chi connectivity index (χ0v) is 12.8. The van der Waals surface area contributed by atoms with Crippen molar-refractivity contribution in [3.63, 3.8) is 0 Å². The van der Waals surface area contributed by atoms with Crippen molar-refractivity contribution in [3.05, 3.63) is 34.1 Å². The van der Waals surface area contributed by atoms with Crippen molar-refractivity contribution in [3.8, 4) is 0 Å². The molecule has 0 aliphatic heterocycles. The quantitative estimate of drug-likeness (QED) is 0.821. The number of carbonyl (C=O) groups excluding carboxylic acids is 1. The molecule has 0 N–H and O–H groups in total. The number of carbonyl (C=O) groups is 1. The van der Waals surface area contributed by atoms with Gasteiger partial charge < -0.3 is 9.42 Å². The third-order valence-electron chi connectivity index (χ3n) is 2.83. The lowest BCUT2D eigenvalue weighted by Crippen LogP contribution is -2.27. The fourth-order valence-electron chi connectivity index (χ4n) is 1.80. The molecule has 2 aromatic rings. The maximum atomic E-state index is 12.0. The Bertz CT molecular complexity index is 549. The molecule has 0 aliphatic carbocycles. The SMILES string of the molecule is CC(C)Cc1noc(CN(C)C(=O)Cc2ccsc2)n1. The van der Waals surface area contributed by atoms with Crippen LogP contribution in [0.2, 0.25) is 0 Å². The predicted octanol–water partition coefficient (Wildman–Crippen LogP) is 2.53. The van der Waals surface area contributed by atoms with Crippen LogP contribution in [0.1, 0.15) is 31.1 Å².